The lowest BCUT2D eigenvalue weighted by Crippen LogP contribution is -2.49. The normalized spacial score (nSPS) is 18.5. The van der Waals surface area contributed by atoms with Crippen molar-refractivity contribution in [1.82, 2.24) is 0 Å². The predicted molar refractivity (Wildman–Crippen MR) is 74.2 cm³/mol. The maximum atomic E-state index is 12.3. The molecule has 1 fully saturated rings. The lowest BCUT2D eigenvalue weighted by Gasteiger charge is -2.36. The molecule has 1 aromatic rings. The smallest absolute Gasteiger partial charge is 0.247 e. The van der Waals surface area contributed by atoms with E-state index in [4.69, 9.17) is 0 Å². The standard InChI is InChI=1S/C15H18N2O2/c1-2-5-14(18)16-10-15(19)17(11-8-9-11)13-7-4-3-6-12(13)16/h3-4,6-7,11H,2,5,8-10H2,1H3. The van der Waals surface area contributed by atoms with Crippen molar-refractivity contribution in [2.45, 2.75) is 38.6 Å². The van der Waals surface area contributed by atoms with Gasteiger partial charge < -0.3 is 9.80 Å². The van der Waals surface area contributed by atoms with Crippen LogP contribution in [0.4, 0.5) is 11.4 Å². The summed E-state index contributed by atoms with van der Waals surface area (Å²) in [4.78, 5) is 28.0. The average Bonchev–Trinajstić information content (AvgIpc) is 3.22. The Morgan fingerprint density at radius 1 is 1.26 bits per heavy atom. The van der Waals surface area contributed by atoms with E-state index in [-0.39, 0.29) is 18.4 Å². The zero-order valence-electron chi connectivity index (χ0n) is 11.1. The summed E-state index contributed by atoms with van der Waals surface area (Å²) >= 11 is 0. The van der Waals surface area contributed by atoms with Crippen molar-refractivity contribution in [2.24, 2.45) is 0 Å². The Labute approximate surface area is 113 Å². The van der Waals surface area contributed by atoms with Gasteiger partial charge in [-0.2, -0.15) is 0 Å². The van der Waals surface area contributed by atoms with Crippen LogP contribution in [-0.2, 0) is 9.59 Å². The van der Waals surface area contributed by atoms with Crippen molar-refractivity contribution in [3.8, 4) is 0 Å². The van der Waals surface area contributed by atoms with Crippen molar-refractivity contribution in [2.75, 3.05) is 16.3 Å². The van der Waals surface area contributed by atoms with Crippen LogP contribution in [0, 0.1) is 0 Å². The van der Waals surface area contributed by atoms with Crippen LogP contribution in [0.1, 0.15) is 32.6 Å². The third-order valence-electron chi connectivity index (χ3n) is 3.67. The Balaban J connectivity index is 1.99. The molecular formula is C15H18N2O2. The fraction of sp³-hybridized carbons (Fsp3) is 0.467. The molecule has 4 heteroatoms. The number of benzene rings is 1. The zero-order valence-corrected chi connectivity index (χ0v) is 11.1. The largest absolute Gasteiger partial charge is 0.306 e. The van der Waals surface area contributed by atoms with Gasteiger partial charge in [-0.3, -0.25) is 9.59 Å². The second-order valence-electron chi connectivity index (χ2n) is 5.21. The molecular weight excluding hydrogens is 240 g/mol. The molecule has 0 atom stereocenters. The molecule has 100 valence electrons. The minimum Gasteiger partial charge on any atom is -0.306 e. The van der Waals surface area contributed by atoms with Gasteiger partial charge in [0.05, 0.1) is 11.4 Å². The number of hydrogen-bond donors (Lipinski definition) is 0. The molecule has 1 aliphatic heterocycles. The van der Waals surface area contributed by atoms with Gasteiger partial charge in [-0.25, -0.2) is 0 Å². The number of carbonyl (C=O) groups is 2. The van der Waals surface area contributed by atoms with Crippen LogP contribution < -0.4 is 9.80 Å². The highest BCUT2D eigenvalue weighted by molar-refractivity contribution is 6.11. The van der Waals surface area contributed by atoms with E-state index < -0.39 is 0 Å². The fourth-order valence-electron chi connectivity index (χ4n) is 2.63. The molecule has 1 saturated carbocycles. The summed E-state index contributed by atoms with van der Waals surface area (Å²) in [5.41, 5.74) is 1.78. The minimum absolute atomic E-state index is 0.0405. The fourth-order valence-corrected chi connectivity index (χ4v) is 2.63. The van der Waals surface area contributed by atoms with E-state index in [1.54, 1.807) is 4.90 Å². The molecule has 0 unspecified atom stereocenters. The quantitative estimate of drug-likeness (QED) is 0.835. The van der Waals surface area contributed by atoms with Gasteiger partial charge in [-0.15, -0.1) is 0 Å². The number of amides is 2. The third-order valence-corrected chi connectivity index (χ3v) is 3.67. The number of nitrogens with zero attached hydrogens (tertiary/aromatic N) is 2. The average molecular weight is 258 g/mol. The topological polar surface area (TPSA) is 40.6 Å². The number of para-hydroxylation sites is 2. The van der Waals surface area contributed by atoms with Crippen LogP contribution >= 0.6 is 0 Å². The molecule has 2 aliphatic rings. The minimum atomic E-state index is 0.0405. The van der Waals surface area contributed by atoms with E-state index >= 15 is 0 Å². The van der Waals surface area contributed by atoms with Gasteiger partial charge in [-0.1, -0.05) is 19.1 Å². The maximum absolute atomic E-state index is 12.3. The Hall–Kier alpha value is -1.84. The molecule has 3 rings (SSSR count). The van der Waals surface area contributed by atoms with Crippen LogP contribution in [-0.4, -0.2) is 24.4 Å². The van der Waals surface area contributed by atoms with Crippen molar-refractivity contribution in [1.29, 1.82) is 0 Å². The van der Waals surface area contributed by atoms with E-state index in [0.717, 1.165) is 30.6 Å². The van der Waals surface area contributed by atoms with Crippen molar-refractivity contribution < 1.29 is 9.59 Å². The SMILES string of the molecule is CCCC(=O)N1CC(=O)N(C2CC2)c2ccccc21. The summed E-state index contributed by atoms with van der Waals surface area (Å²) in [6.07, 6.45) is 3.44. The van der Waals surface area contributed by atoms with Crippen LogP contribution in [0.2, 0.25) is 0 Å². The predicted octanol–water partition coefficient (Wildman–Crippen LogP) is 2.33. The summed E-state index contributed by atoms with van der Waals surface area (Å²) in [7, 11) is 0. The Kier molecular flexibility index (Phi) is 3.01. The van der Waals surface area contributed by atoms with E-state index in [1.807, 2.05) is 36.1 Å². The summed E-state index contributed by atoms with van der Waals surface area (Å²) in [6, 6.07) is 8.07. The van der Waals surface area contributed by atoms with Crippen molar-refractivity contribution >= 4 is 23.2 Å². The van der Waals surface area contributed by atoms with Gasteiger partial charge in [0.15, 0.2) is 0 Å². The number of anilines is 2. The first-order chi connectivity index (χ1) is 9.22. The van der Waals surface area contributed by atoms with Crippen LogP contribution in [0.25, 0.3) is 0 Å². The lowest BCUT2D eigenvalue weighted by atomic mass is 10.1. The van der Waals surface area contributed by atoms with Gasteiger partial charge in [-0.05, 0) is 31.4 Å². The molecule has 0 N–H and O–H groups in total. The summed E-state index contributed by atoms with van der Waals surface area (Å²) < 4.78 is 0. The second kappa shape index (κ2) is 4.68. The summed E-state index contributed by atoms with van der Waals surface area (Å²) in [5, 5.41) is 0. The first-order valence-electron chi connectivity index (χ1n) is 6.94. The molecule has 0 aromatic heterocycles. The van der Waals surface area contributed by atoms with E-state index in [0.29, 0.717) is 12.5 Å². The highest BCUT2D eigenvalue weighted by atomic mass is 16.2. The van der Waals surface area contributed by atoms with Crippen LogP contribution in [0.15, 0.2) is 24.3 Å². The number of hydrogen-bond acceptors (Lipinski definition) is 2. The molecule has 1 heterocycles. The Morgan fingerprint density at radius 3 is 2.58 bits per heavy atom. The first kappa shape index (κ1) is 12.2. The lowest BCUT2D eigenvalue weighted by molar-refractivity contribution is -0.123. The molecule has 2 amide bonds. The number of carbonyl (C=O) groups excluding carboxylic acids is 2. The van der Waals surface area contributed by atoms with Crippen molar-refractivity contribution in [3.05, 3.63) is 24.3 Å². The molecule has 1 aliphatic carbocycles. The molecule has 1 aromatic carbocycles. The maximum Gasteiger partial charge on any atom is 0.247 e. The molecule has 19 heavy (non-hydrogen) atoms. The van der Waals surface area contributed by atoms with Gasteiger partial charge >= 0.3 is 0 Å². The molecule has 4 nitrogen and oxygen atoms in total. The highest BCUT2D eigenvalue weighted by Gasteiger charge is 2.40. The summed E-state index contributed by atoms with van der Waals surface area (Å²) in [6.45, 7) is 2.17. The Morgan fingerprint density at radius 2 is 1.95 bits per heavy atom. The van der Waals surface area contributed by atoms with Crippen molar-refractivity contribution in [3.63, 3.8) is 0 Å². The van der Waals surface area contributed by atoms with E-state index in [9.17, 15) is 9.59 Å². The second-order valence-corrected chi connectivity index (χ2v) is 5.21. The van der Waals surface area contributed by atoms with E-state index in [1.165, 1.54) is 0 Å². The first-order valence-corrected chi connectivity index (χ1v) is 6.94. The highest BCUT2D eigenvalue weighted by Crippen LogP contribution is 2.40. The number of fused-ring (bicyclic) bond motifs is 1. The zero-order chi connectivity index (χ0) is 13.4. The van der Waals surface area contributed by atoms with Crippen LogP contribution in [0.3, 0.4) is 0 Å². The third kappa shape index (κ3) is 2.11. The van der Waals surface area contributed by atoms with Crippen LogP contribution in [0.5, 0.6) is 0 Å². The molecule has 0 saturated heterocycles. The number of rotatable bonds is 3. The summed E-state index contributed by atoms with van der Waals surface area (Å²) in [5.74, 6) is 0.0874. The van der Waals surface area contributed by atoms with Gasteiger partial charge in [0.2, 0.25) is 11.8 Å². The van der Waals surface area contributed by atoms with E-state index in [2.05, 4.69) is 0 Å². The van der Waals surface area contributed by atoms with Gasteiger partial charge in [0.25, 0.3) is 0 Å². The molecule has 0 radical (unpaired) electrons. The molecule has 0 bridgehead atoms. The Bertz CT molecular complexity index is 523. The molecule has 0 spiro atoms. The van der Waals surface area contributed by atoms with Gasteiger partial charge in [0.1, 0.15) is 6.54 Å². The van der Waals surface area contributed by atoms with Gasteiger partial charge in [0, 0.05) is 12.5 Å². The monoisotopic (exact) mass is 258 g/mol.